The standard InChI is InChI=1S/C16H32/c1-7-10-14(12(4)5)11-16(9-3)13(6)15(16)8-2/h12-15H,7-11H2,1-6H3. The molecule has 1 aliphatic carbocycles. The zero-order chi connectivity index (χ0) is 12.3. The maximum absolute atomic E-state index is 2.49. The average molecular weight is 224 g/mol. The molecule has 4 atom stereocenters. The molecule has 1 aliphatic rings. The molecule has 1 fully saturated rings. The Labute approximate surface area is 103 Å². The molecular weight excluding hydrogens is 192 g/mol. The third-order valence-corrected chi connectivity index (χ3v) is 5.48. The van der Waals surface area contributed by atoms with E-state index in [2.05, 4.69) is 41.5 Å². The molecule has 96 valence electrons. The second-order valence-corrected chi connectivity index (χ2v) is 6.39. The molecule has 0 nitrogen and oxygen atoms in total. The predicted octanol–water partition coefficient (Wildman–Crippen LogP) is 5.52. The highest BCUT2D eigenvalue weighted by atomic mass is 14.6. The summed E-state index contributed by atoms with van der Waals surface area (Å²) in [5.41, 5.74) is 0.721. The molecule has 0 amide bonds. The minimum Gasteiger partial charge on any atom is -0.0654 e. The van der Waals surface area contributed by atoms with Crippen LogP contribution in [-0.2, 0) is 0 Å². The van der Waals surface area contributed by atoms with Crippen LogP contribution in [0.5, 0.6) is 0 Å². The first-order valence-corrected chi connectivity index (χ1v) is 7.53. The Morgan fingerprint density at radius 1 is 1.12 bits per heavy atom. The summed E-state index contributed by atoms with van der Waals surface area (Å²) in [6.07, 6.45) is 7.08. The van der Waals surface area contributed by atoms with Gasteiger partial charge in [0.25, 0.3) is 0 Å². The molecule has 0 radical (unpaired) electrons. The second kappa shape index (κ2) is 5.56. The Kier molecular flexibility index (Phi) is 4.88. The summed E-state index contributed by atoms with van der Waals surface area (Å²) in [7, 11) is 0. The molecule has 0 aromatic heterocycles. The van der Waals surface area contributed by atoms with E-state index in [0.29, 0.717) is 0 Å². The fourth-order valence-electron chi connectivity index (χ4n) is 4.16. The number of hydrogen-bond acceptors (Lipinski definition) is 0. The summed E-state index contributed by atoms with van der Waals surface area (Å²) in [5.74, 6) is 3.84. The molecular formula is C16H32. The van der Waals surface area contributed by atoms with Gasteiger partial charge in [-0.25, -0.2) is 0 Å². The van der Waals surface area contributed by atoms with E-state index in [1.54, 1.807) is 0 Å². The topological polar surface area (TPSA) is 0 Å². The normalized spacial score (nSPS) is 35.4. The van der Waals surface area contributed by atoms with Gasteiger partial charge in [-0.05, 0) is 41.9 Å². The zero-order valence-electron chi connectivity index (χ0n) is 12.3. The highest BCUT2D eigenvalue weighted by Gasteiger charge is 2.59. The van der Waals surface area contributed by atoms with Gasteiger partial charge in [0.05, 0.1) is 0 Å². The summed E-state index contributed by atoms with van der Waals surface area (Å²) in [6.45, 7) is 14.4. The van der Waals surface area contributed by atoms with Crippen molar-refractivity contribution in [3.8, 4) is 0 Å². The van der Waals surface area contributed by atoms with Crippen LogP contribution >= 0.6 is 0 Å². The lowest BCUT2D eigenvalue weighted by molar-refractivity contribution is 0.237. The van der Waals surface area contributed by atoms with Crippen molar-refractivity contribution in [1.82, 2.24) is 0 Å². The van der Waals surface area contributed by atoms with Gasteiger partial charge < -0.3 is 0 Å². The molecule has 0 bridgehead atoms. The van der Waals surface area contributed by atoms with Crippen LogP contribution in [0, 0.1) is 29.1 Å². The second-order valence-electron chi connectivity index (χ2n) is 6.39. The van der Waals surface area contributed by atoms with Crippen LogP contribution in [0.25, 0.3) is 0 Å². The Morgan fingerprint density at radius 2 is 1.75 bits per heavy atom. The van der Waals surface area contributed by atoms with Gasteiger partial charge in [0.15, 0.2) is 0 Å². The molecule has 1 saturated carbocycles. The average Bonchev–Trinajstić information content (AvgIpc) is 2.82. The van der Waals surface area contributed by atoms with Crippen molar-refractivity contribution in [2.45, 2.75) is 73.6 Å². The van der Waals surface area contributed by atoms with Crippen molar-refractivity contribution in [2.75, 3.05) is 0 Å². The van der Waals surface area contributed by atoms with Gasteiger partial charge >= 0.3 is 0 Å². The molecule has 0 aliphatic heterocycles. The molecule has 1 rings (SSSR count). The summed E-state index contributed by atoms with van der Waals surface area (Å²) >= 11 is 0. The van der Waals surface area contributed by atoms with Crippen molar-refractivity contribution in [2.24, 2.45) is 29.1 Å². The third-order valence-electron chi connectivity index (χ3n) is 5.48. The van der Waals surface area contributed by atoms with Gasteiger partial charge in [0.1, 0.15) is 0 Å². The molecule has 0 N–H and O–H groups in total. The molecule has 16 heavy (non-hydrogen) atoms. The van der Waals surface area contributed by atoms with Gasteiger partial charge in [-0.1, -0.05) is 60.8 Å². The highest BCUT2D eigenvalue weighted by Crippen LogP contribution is 2.66. The summed E-state index contributed by atoms with van der Waals surface area (Å²) in [5, 5.41) is 0. The SMILES string of the molecule is CCCC(CC1(CC)C(C)C1CC)C(C)C. The molecule has 0 saturated heterocycles. The Balaban J connectivity index is 2.62. The molecule has 0 aromatic rings. The van der Waals surface area contributed by atoms with Crippen LogP contribution < -0.4 is 0 Å². The predicted molar refractivity (Wildman–Crippen MR) is 73.5 cm³/mol. The van der Waals surface area contributed by atoms with Crippen molar-refractivity contribution in [3.05, 3.63) is 0 Å². The van der Waals surface area contributed by atoms with Crippen molar-refractivity contribution >= 4 is 0 Å². The largest absolute Gasteiger partial charge is 0.0654 e. The van der Waals surface area contributed by atoms with Crippen molar-refractivity contribution in [3.63, 3.8) is 0 Å². The van der Waals surface area contributed by atoms with Gasteiger partial charge in [-0.3, -0.25) is 0 Å². The van der Waals surface area contributed by atoms with E-state index in [9.17, 15) is 0 Å². The van der Waals surface area contributed by atoms with Crippen LogP contribution in [0.15, 0.2) is 0 Å². The summed E-state index contributed by atoms with van der Waals surface area (Å²) < 4.78 is 0. The smallest absolute Gasteiger partial charge is 0.0238 e. The minimum absolute atomic E-state index is 0.721. The Hall–Kier alpha value is 0. The number of hydrogen-bond donors (Lipinski definition) is 0. The van der Waals surface area contributed by atoms with Gasteiger partial charge in [0.2, 0.25) is 0 Å². The maximum Gasteiger partial charge on any atom is -0.0238 e. The van der Waals surface area contributed by atoms with E-state index in [-0.39, 0.29) is 0 Å². The first-order chi connectivity index (χ1) is 7.53. The van der Waals surface area contributed by atoms with Gasteiger partial charge in [-0.15, -0.1) is 0 Å². The van der Waals surface area contributed by atoms with E-state index < -0.39 is 0 Å². The molecule has 0 spiro atoms. The van der Waals surface area contributed by atoms with Crippen molar-refractivity contribution < 1.29 is 0 Å². The quantitative estimate of drug-likeness (QED) is 0.534. The zero-order valence-corrected chi connectivity index (χ0v) is 12.3. The summed E-state index contributed by atoms with van der Waals surface area (Å²) in [4.78, 5) is 0. The van der Waals surface area contributed by atoms with Crippen LogP contribution in [0.1, 0.15) is 73.6 Å². The monoisotopic (exact) mass is 224 g/mol. The number of rotatable bonds is 7. The van der Waals surface area contributed by atoms with Gasteiger partial charge in [-0.2, -0.15) is 0 Å². The lowest BCUT2D eigenvalue weighted by Crippen LogP contribution is -2.17. The molecule has 4 unspecified atom stereocenters. The summed E-state index contributed by atoms with van der Waals surface area (Å²) in [6, 6.07) is 0. The maximum atomic E-state index is 2.49. The van der Waals surface area contributed by atoms with E-state index in [1.807, 2.05) is 0 Å². The lowest BCUT2D eigenvalue weighted by atomic mass is 9.79. The van der Waals surface area contributed by atoms with Crippen LogP contribution in [0.3, 0.4) is 0 Å². The van der Waals surface area contributed by atoms with E-state index >= 15 is 0 Å². The molecule has 0 aromatic carbocycles. The Morgan fingerprint density at radius 3 is 2.06 bits per heavy atom. The molecule has 0 heterocycles. The highest BCUT2D eigenvalue weighted by molar-refractivity contribution is 5.07. The van der Waals surface area contributed by atoms with Crippen LogP contribution in [-0.4, -0.2) is 0 Å². The first kappa shape index (κ1) is 14.1. The van der Waals surface area contributed by atoms with Crippen LogP contribution in [0.4, 0.5) is 0 Å². The van der Waals surface area contributed by atoms with Gasteiger partial charge in [0, 0.05) is 0 Å². The fraction of sp³-hybridized carbons (Fsp3) is 1.00. The van der Waals surface area contributed by atoms with E-state index in [0.717, 1.165) is 29.1 Å². The van der Waals surface area contributed by atoms with E-state index in [4.69, 9.17) is 0 Å². The Bertz CT molecular complexity index is 206. The lowest BCUT2D eigenvalue weighted by Gasteiger charge is -2.27. The first-order valence-electron chi connectivity index (χ1n) is 7.53. The molecule has 0 heteroatoms. The van der Waals surface area contributed by atoms with E-state index in [1.165, 1.54) is 32.1 Å². The van der Waals surface area contributed by atoms with Crippen molar-refractivity contribution in [1.29, 1.82) is 0 Å². The minimum atomic E-state index is 0.721. The fourth-order valence-corrected chi connectivity index (χ4v) is 4.16. The third kappa shape index (κ3) is 2.46. The van der Waals surface area contributed by atoms with Crippen LogP contribution in [0.2, 0.25) is 0 Å².